The predicted octanol–water partition coefficient (Wildman–Crippen LogP) is 1.64. The Labute approximate surface area is 132 Å². The Morgan fingerprint density at radius 2 is 1.82 bits per heavy atom. The lowest BCUT2D eigenvalue weighted by Gasteiger charge is -2.34. The third-order valence-electron chi connectivity index (χ3n) is 4.12. The smallest absolute Gasteiger partial charge is 0.410 e. The Balaban J connectivity index is 1.72. The van der Waals surface area contributed by atoms with Crippen molar-refractivity contribution >= 4 is 12.0 Å². The zero-order chi connectivity index (χ0) is 16.2. The summed E-state index contributed by atoms with van der Waals surface area (Å²) in [6, 6.07) is 0.118. The molecule has 0 aromatic rings. The summed E-state index contributed by atoms with van der Waals surface area (Å²) in [5.74, 6) is 0.107. The summed E-state index contributed by atoms with van der Waals surface area (Å²) in [7, 11) is 0. The molecule has 2 saturated heterocycles. The molecular formula is C16H29N3O3. The fraction of sp³-hybridized carbons (Fsp3) is 0.875. The zero-order valence-corrected chi connectivity index (χ0v) is 14.0. The van der Waals surface area contributed by atoms with Crippen LogP contribution in [-0.4, -0.2) is 54.2 Å². The monoisotopic (exact) mass is 311 g/mol. The molecule has 0 spiro atoms. The SMILES string of the molecule is CC(C)(C)OC(=O)N1CCC(NC(=O)[C@@H]2CCCCN2)CC1. The van der Waals surface area contributed by atoms with E-state index in [9.17, 15) is 9.59 Å². The van der Waals surface area contributed by atoms with Crippen LogP contribution >= 0.6 is 0 Å². The normalized spacial score (nSPS) is 24.0. The molecule has 0 radical (unpaired) electrons. The predicted molar refractivity (Wildman–Crippen MR) is 84.6 cm³/mol. The summed E-state index contributed by atoms with van der Waals surface area (Å²) >= 11 is 0. The van der Waals surface area contributed by atoms with Gasteiger partial charge in [0.1, 0.15) is 5.60 Å². The van der Waals surface area contributed by atoms with Crippen molar-refractivity contribution in [2.24, 2.45) is 0 Å². The van der Waals surface area contributed by atoms with E-state index in [1.165, 1.54) is 0 Å². The Morgan fingerprint density at radius 1 is 1.14 bits per heavy atom. The second-order valence-corrected chi connectivity index (χ2v) is 7.25. The largest absolute Gasteiger partial charge is 0.444 e. The summed E-state index contributed by atoms with van der Waals surface area (Å²) in [5.41, 5.74) is -0.463. The number of hydrogen-bond acceptors (Lipinski definition) is 4. The molecule has 1 atom stereocenters. The van der Waals surface area contributed by atoms with Crippen molar-refractivity contribution < 1.29 is 14.3 Å². The summed E-state index contributed by atoms with van der Waals surface area (Å²) in [5, 5.41) is 6.38. The van der Waals surface area contributed by atoms with Gasteiger partial charge < -0.3 is 20.3 Å². The number of carbonyl (C=O) groups is 2. The van der Waals surface area contributed by atoms with Gasteiger partial charge in [-0.1, -0.05) is 6.42 Å². The van der Waals surface area contributed by atoms with E-state index in [0.29, 0.717) is 13.1 Å². The van der Waals surface area contributed by atoms with E-state index in [4.69, 9.17) is 4.74 Å². The summed E-state index contributed by atoms with van der Waals surface area (Å²) in [6.45, 7) is 7.81. The molecule has 22 heavy (non-hydrogen) atoms. The summed E-state index contributed by atoms with van der Waals surface area (Å²) in [4.78, 5) is 25.9. The number of piperidine rings is 2. The number of likely N-dealkylation sites (tertiary alicyclic amines) is 1. The van der Waals surface area contributed by atoms with E-state index in [-0.39, 0.29) is 24.1 Å². The van der Waals surface area contributed by atoms with Crippen molar-refractivity contribution in [1.82, 2.24) is 15.5 Å². The van der Waals surface area contributed by atoms with Gasteiger partial charge in [0.15, 0.2) is 0 Å². The average Bonchev–Trinajstić information content (AvgIpc) is 2.47. The summed E-state index contributed by atoms with van der Waals surface area (Å²) in [6.07, 6.45) is 4.50. The summed E-state index contributed by atoms with van der Waals surface area (Å²) < 4.78 is 5.38. The number of ether oxygens (including phenoxy) is 1. The Morgan fingerprint density at radius 3 is 2.36 bits per heavy atom. The number of nitrogens with zero attached hydrogens (tertiary/aromatic N) is 1. The molecule has 2 N–H and O–H groups in total. The van der Waals surface area contributed by atoms with Crippen molar-refractivity contribution in [3.8, 4) is 0 Å². The van der Waals surface area contributed by atoms with Crippen LogP contribution < -0.4 is 10.6 Å². The number of hydrogen-bond donors (Lipinski definition) is 2. The van der Waals surface area contributed by atoms with Gasteiger partial charge in [-0.25, -0.2) is 4.79 Å². The van der Waals surface area contributed by atoms with Crippen molar-refractivity contribution in [3.63, 3.8) is 0 Å². The molecule has 6 nitrogen and oxygen atoms in total. The molecule has 2 aliphatic heterocycles. The first-order valence-corrected chi connectivity index (χ1v) is 8.37. The van der Waals surface area contributed by atoms with Gasteiger partial charge >= 0.3 is 6.09 Å². The van der Waals surface area contributed by atoms with Crippen LogP contribution in [0.5, 0.6) is 0 Å². The fourth-order valence-corrected chi connectivity index (χ4v) is 2.91. The average molecular weight is 311 g/mol. The third-order valence-corrected chi connectivity index (χ3v) is 4.12. The maximum absolute atomic E-state index is 12.2. The van der Waals surface area contributed by atoms with E-state index in [0.717, 1.165) is 38.6 Å². The van der Waals surface area contributed by atoms with E-state index in [1.807, 2.05) is 20.8 Å². The maximum atomic E-state index is 12.2. The number of nitrogens with one attached hydrogen (secondary N) is 2. The van der Waals surface area contributed by atoms with Gasteiger partial charge in [-0.05, 0) is 53.0 Å². The minimum atomic E-state index is -0.463. The number of rotatable bonds is 2. The molecule has 126 valence electrons. The van der Waals surface area contributed by atoms with Crippen molar-refractivity contribution in [1.29, 1.82) is 0 Å². The van der Waals surface area contributed by atoms with Crippen molar-refractivity contribution in [3.05, 3.63) is 0 Å². The number of amides is 2. The first-order chi connectivity index (χ1) is 10.3. The zero-order valence-electron chi connectivity index (χ0n) is 14.0. The molecule has 0 saturated carbocycles. The quantitative estimate of drug-likeness (QED) is 0.813. The second kappa shape index (κ2) is 7.31. The Bertz CT molecular complexity index is 392. The minimum absolute atomic E-state index is 0.0439. The fourth-order valence-electron chi connectivity index (χ4n) is 2.91. The lowest BCUT2D eigenvalue weighted by molar-refractivity contribution is -0.124. The molecule has 2 rings (SSSR count). The topological polar surface area (TPSA) is 70.7 Å². The van der Waals surface area contributed by atoms with Crippen LogP contribution in [0.25, 0.3) is 0 Å². The highest BCUT2D eigenvalue weighted by molar-refractivity contribution is 5.82. The van der Waals surface area contributed by atoms with Crippen LogP contribution in [0.1, 0.15) is 52.9 Å². The van der Waals surface area contributed by atoms with Crippen LogP contribution in [0.4, 0.5) is 4.79 Å². The van der Waals surface area contributed by atoms with Gasteiger partial charge in [-0.15, -0.1) is 0 Å². The van der Waals surface area contributed by atoms with Crippen LogP contribution in [0.3, 0.4) is 0 Å². The van der Waals surface area contributed by atoms with Gasteiger partial charge in [0, 0.05) is 19.1 Å². The molecule has 0 unspecified atom stereocenters. The molecule has 6 heteroatoms. The van der Waals surface area contributed by atoms with Crippen LogP contribution in [0.2, 0.25) is 0 Å². The Hall–Kier alpha value is -1.30. The van der Waals surface area contributed by atoms with Gasteiger partial charge in [0.2, 0.25) is 5.91 Å². The molecule has 0 bridgehead atoms. The van der Waals surface area contributed by atoms with Gasteiger partial charge in [-0.3, -0.25) is 4.79 Å². The standard InChI is InChI=1S/C16H29N3O3/c1-16(2,3)22-15(21)19-10-7-12(8-11-19)18-14(20)13-6-4-5-9-17-13/h12-13,17H,4-11H2,1-3H3,(H,18,20)/t13-/m0/s1. The maximum Gasteiger partial charge on any atom is 0.410 e. The van der Waals surface area contributed by atoms with E-state index in [1.54, 1.807) is 4.90 Å². The molecule has 0 aromatic heterocycles. The molecular weight excluding hydrogens is 282 g/mol. The Kier molecular flexibility index (Phi) is 5.67. The van der Waals surface area contributed by atoms with Crippen LogP contribution in [0, 0.1) is 0 Å². The molecule has 0 aromatic carbocycles. The molecule has 2 aliphatic rings. The highest BCUT2D eigenvalue weighted by Crippen LogP contribution is 2.16. The van der Waals surface area contributed by atoms with E-state index >= 15 is 0 Å². The van der Waals surface area contributed by atoms with E-state index in [2.05, 4.69) is 10.6 Å². The number of carbonyl (C=O) groups excluding carboxylic acids is 2. The third kappa shape index (κ3) is 5.16. The first kappa shape index (κ1) is 17.1. The van der Waals surface area contributed by atoms with Crippen molar-refractivity contribution in [2.75, 3.05) is 19.6 Å². The minimum Gasteiger partial charge on any atom is -0.444 e. The van der Waals surface area contributed by atoms with E-state index < -0.39 is 5.60 Å². The lowest BCUT2D eigenvalue weighted by atomic mass is 10.0. The molecule has 2 fully saturated rings. The molecule has 0 aliphatic carbocycles. The first-order valence-electron chi connectivity index (χ1n) is 8.37. The highest BCUT2D eigenvalue weighted by atomic mass is 16.6. The molecule has 2 heterocycles. The molecule has 2 amide bonds. The van der Waals surface area contributed by atoms with Crippen LogP contribution in [0.15, 0.2) is 0 Å². The second-order valence-electron chi connectivity index (χ2n) is 7.25. The lowest BCUT2D eigenvalue weighted by Crippen LogP contribution is -2.53. The van der Waals surface area contributed by atoms with Crippen molar-refractivity contribution in [2.45, 2.75) is 70.6 Å². The van der Waals surface area contributed by atoms with Gasteiger partial charge in [0.05, 0.1) is 6.04 Å². The highest BCUT2D eigenvalue weighted by Gasteiger charge is 2.29. The van der Waals surface area contributed by atoms with Gasteiger partial charge in [0.25, 0.3) is 0 Å². The van der Waals surface area contributed by atoms with Gasteiger partial charge in [-0.2, -0.15) is 0 Å². The van der Waals surface area contributed by atoms with Crippen LogP contribution in [-0.2, 0) is 9.53 Å².